The molecule has 25 heavy (non-hydrogen) atoms. The minimum atomic E-state index is 0.688. The van der Waals surface area contributed by atoms with E-state index in [0.29, 0.717) is 5.92 Å². The summed E-state index contributed by atoms with van der Waals surface area (Å²) in [7, 11) is 0. The summed E-state index contributed by atoms with van der Waals surface area (Å²) in [6.07, 6.45) is 3.84. The van der Waals surface area contributed by atoms with Gasteiger partial charge in [0.05, 0.1) is 0 Å². The molecule has 1 heteroatoms. The standard InChI is InChI=1S/C24H22O/c1-15-4-3-5-21-19(15)11-12-22-20-9-8-18(24-13-6-16(2)25-24)14-17(20)7-10-23(21)22/h6-15H,3-5H2,1-2H3. The summed E-state index contributed by atoms with van der Waals surface area (Å²) < 4.78 is 5.79. The third kappa shape index (κ3) is 2.30. The molecule has 1 nitrogen and oxygen atoms in total. The lowest BCUT2D eigenvalue weighted by molar-refractivity contribution is 0.548. The fourth-order valence-electron chi connectivity index (χ4n) is 4.45. The van der Waals surface area contributed by atoms with Crippen molar-refractivity contribution < 1.29 is 4.42 Å². The minimum Gasteiger partial charge on any atom is -0.461 e. The highest BCUT2D eigenvalue weighted by atomic mass is 16.3. The number of hydrogen-bond donors (Lipinski definition) is 0. The summed E-state index contributed by atoms with van der Waals surface area (Å²) in [6, 6.07) is 20.0. The van der Waals surface area contributed by atoms with Crippen molar-refractivity contribution in [3.05, 3.63) is 71.5 Å². The van der Waals surface area contributed by atoms with E-state index in [4.69, 9.17) is 4.42 Å². The zero-order valence-corrected chi connectivity index (χ0v) is 14.8. The van der Waals surface area contributed by atoms with E-state index in [1.165, 1.54) is 40.8 Å². The second-order valence-electron chi connectivity index (χ2n) is 7.43. The molecule has 1 aliphatic rings. The van der Waals surface area contributed by atoms with Crippen molar-refractivity contribution in [2.24, 2.45) is 0 Å². The zero-order chi connectivity index (χ0) is 17.0. The summed E-state index contributed by atoms with van der Waals surface area (Å²) in [4.78, 5) is 0. The molecular formula is C24H22O. The quantitative estimate of drug-likeness (QED) is 0.343. The summed E-state index contributed by atoms with van der Waals surface area (Å²) in [6.45, 7) is 4.35. The number of rotatable bonds is 1. The molecule has 0 fully saturated rings. The maximum absolute atomic E-state index is 5.79. The number of fused-ring (bicyclic) bond motifs is 5. The Labute approximate surface area is 148 Å². The van der Waals surface area contributed by atoms with Gasteiger partial charge in [0.2, 0.25) is 0 Å². The Bertz CT molecular complexity index is 1100. The van der Waals surface area contributed by atoms with Crippen LogP contribution in [-0.4, -0.2) is 0 Å². The number of benzene rings is 3. The second kappa shape index (κ2) is 5.49. The van der Waals surface area contributed by atoms with E-state index in [9.17, 15) is 0 Å². The Morgan fingerprint density at radius 3 is 2.56 bits per heavy atom. The number of aryl methyl sites for hydroxylation is 2. The van der Waals surface area contributed by atoms with Crippen LogP contribution in [0.3, 0.4) is 0 Å². The zero-order valence-electron chi connectivity index (χ0n) is 14.8. The van der Waals surface area contributed by atoms with Crippen LogP contribution in [0.2, 0.25) is 0 Å². The van der Waals surface area contributed by atoms with Gasteiger partial charge in [0.25, 0.3) is 0 Å². The summed E-state index contributed by atoms with van der Waals surface area (Å²) >= 11 is 0. The summed E-state index contributed by atoms with van der Waals surface area (Å²) in [5.74, 6) is 2.58. The third-order valence-corrected chi connectivity index (χ3v) is 5.78. The van der Waals surface area contributed by atoms with Crippen molar-refractivity contribution in [1.29, 1.82) is 0 Å². The minimum absolute atomic E-state index is 0.688. The number of furan rings is 1. The van der Waals surface area contributed by atoms with E-state index >= 15 is 0 Å². The van der Waals surface area contributed by atoms with Crippen molar-refractivity contribution in [2.75, 3.05) is 0 Å². The highest BCUT2D eigenvalue weighted by molar-refractivity contribution is 6.09. The molecule has 1 aromatic heterocycles. The Hall–Kier alpha value is -2.54. The van der Waals surface area contributed by atoms with Gasteiger partial charge >= 0.3 is 0 Å². The van der Waals surface area contributed by atoms with Crippen LogP contribution in [-0.2, 0) is 6.42 Å². The van der Waals surface area contributed by atoms with Crippen LogP contribution in [0, 0.1) is 6.92 Å². The molecule has 0 saturated heterocycles. The predicted molar refractivity (Wildman–Crippen MR) is 105 cm³/mol. The van der Waals surface area contributed by atoms with E-state index in [0.717, 1.165) is 17.1 Å². The van der Waals surface area contributed by atoms with Crippen molar-refractivity contribution >= 4 is 21.5 Å². The molecule has 124 valence electrons. The molecule has 4 aromatic rings. The molecule has 5 rings (SSSR count). The fourth-order valence-corrected chi connectivity index (χ4v) is 4.45. The van der Waals surface area contributed by atoms with Crippen LogP contribution in [0.5, 0.6) is 0 Å². The van der Waals surface area contributed by atoms with Gasteiger partial charge < -0.3 is 4.42 Å². The number of hydrogen-bond acceptors (Lipinski definition) is 1. The molecule has 0 amide bonds. The van der Waals surface area contributed by atoms with Gasteiger partial charge in [-0.3, -0.25) is 0 Å². The lowest BCUT2D eigenvalue weighted by Crippen LogP contribution is -2.07. The monoisotopic (exact) mass is 326 g/mol. The SMILES string of the molecule is Cc1ccc(-c2ccc3c(ccc4c5c(ccc43)C(C)CCC5)c2)o1. The van der Waals surface area contributed by atoms with E-state index in [1.807, 2.05) is 13.0 Å². The van der Waals surface area contributed by atoms with E-state index in [1.54, 1.807) is 11.1 Å². The molecular weight excluding hydrogens is 304 g/mol. The first kappa shape index (κ1) is 14.8. The topological polar surface area (TPSA) is 13.1 Å². The second-order valence-corrected chi connectivity index (χ2v) is 7.43. The van der Waals surface area contributed by atoms with Crippen LogP contribution in [0.1, 0.15) is 42.6 Å². The maximum atomic E-state index is 5.79. The molecule has 0 bridgehead atoms. The Balaban J connectivity index is 1.73. The lowest BCUT2D eigenvalue weighted by Gasteiger charge is -2.24. The van der Waals surface area contributed by atoms with Gasteiger partial charge in [-0.15, -0.1) is 0 Å². The molecule has 0 saturated carbocycles. The van der Waals surface area contributed by atoms with E-state index < -0.39 is 0 Å². The molecule has 1 heterocycles. The Kier molecular flexibility index (Phi) is 3.24. The van der Waals surface area contributed by atoms with E-state index in [-0.39, 0.29) is 0 Å². The largest absolute Gasteiger partial charge is 0.461 e. The normalized spacial score (nSPS) is 17.1. The highest BCUT2D eigenvalue weighted by Crippen LogP contribution is 2.38. The van der Waals surface area contributed by atoms with Gasteiger partial charge in [0.15, 0.2) is 0 Å². The van der Waals surface area contributed by atoms with Crippen LogP contribution >= 0.6 is 0 Å². The van der Waals surface area contributed by atoms with E-state index in [2.05, 4.69) is 55.5 Å². The smallest absolute Gasteiger partial charge is 0.134 e. The van der Waals surface area contributed by atoms with Gasteiger partial charge in [-0.2, -0.15) is 0 Å². The average Bonchev–Trinajstić information content (AvgIpc) is 3.07. The molecule has 0 aliphatic heterocycles. The van der Waals surface area contributed by atoms with Gasteiger partial charge in [0, 0.05) is 5.56 Å². The Morgan fingerprint density at radius 1 is 0.880 bits per heavy atom. The lowest BCUT2D eigenvalue weighted by atomic mass is 9.81. The highest BCUT2D eigenvalue weighted by Gasteiger charge is 2.19. The molecule has 1 atom stereocenters. The van der Waals surface area contributed by atoms with Crippen LogP contribution in [0.15, 0.2) is 59.0 Å². The maximum Gasteiger partial charge on any atom is 0.134 e. The molecule has 3 aromatic carbocycles. The Morgan fingerprint density at radius 2 is 1.72 bits per heavy atom. The van der Waals surface area contributed by atoms with Crippen molar-refractivity contribution in [2.45, 2.75) is 39.0 Å². The first-order valence-electron chi connectivity index (χ1n) is 9.26. The van der Waals surface area contributed by atoms with Crippen LogP contribution in [0.4, 0.5) is 0 Å². The van der Waals surface area contributed by atoms with Crippen molar-refractivity contribution in [3.8, 4) is 11.3 Å². The predicted octanol–water partition coefficient (Wildman–Crippen LogP) is 7.00. The fraction of sp³-hybridized carbons (Fsp3) is 0.250. The van der Waals surface area contributed by atoms with Gasteiger partial charge in [0.1, 0.15) is 11.5 Å². The van der Waals surface area contributed by atoms with Crippen LogP contribution in [0.25, 0.3) is 32.9 Å². The first-order valence-corrected chi connectivity index (χ1v) is 9.26. The molecule has 1 aliphatic carbocycles. The van der Waals surface area contributed by atoms with Gasteiger partial charge in [-0.05, 0) is 83.0 Å². The van der Waals surface area contributed by atoms with Gasteiger partial charge in [-0.1, -0.05) is 43.3 Å². The van der Waals surface area contributed by atoms with Crippen molar-refractivity contribution in [1.82, 2.24) is 0 Å². The average molecular weight is 326 g/mol. The summed E-state index contributed by atoms with van der Waals surface area (Å²) in [5.41, 5.74) is 4.27. The van der Waals surface area contributed by atoms with Crippen molar-refractivity contribution in [3.63, 3.8) is 0 Å². The van der Waals surface area contributed by atoms with Gasteiger partial charge in [-0.25, -0.2) is 0 Å². The summed E-state index contributed by atoms with van der Waals surface area (Å²) in [5, 5.41) is 5.44. The molecule has 0 radical (unpaired) electrons. The van der Waals surface area contributed by atoms with Crippen LogP contribution < -0.4 is 0 Å². The molecule has 0 spiro atoms. The molecule has 0 N–H and O–H groups in total. The molecule has 1 unspecified atom stereocenters. The first-order chi connectivity index (χ1) is 12.2. The third-order valence-electron chi connectivity index (χ3n) is 5.78.